The second-order valence-electron chi connectivity index (χ2n) is 5.31. The summed E-state index contributed by atoms with van der Waals surface area (Å²) in [5.74, 6) is -0.351. The van der Waals surface area contributed by atoms with E-state index in [1.165, 1.54) is 24.8 Å². The third-order valence-corrected chi connectivity index (χ3v) is 4.05. The Morgan fingerprint density at radius 2 is 1.72 bits per heavy atom. The van der Waals surface area contributed by atoms with E-state index in [0.717, 1.165) is 24.0 Å². The summed E-state index contributed by atoms with van der Waals surface area (Å²) < 4.78 is 12.1. The zero-order valence-electron chi connectivity index (χ0n) is 10.7. The van der Waals surface area contributed by atoms with E-state index in [1.54, 1.807) is 0 Å². The van der Waals surface area contributed by atoms with Gasteiger partial charge in [0.2, 0.25) is 0 Å². The van der Waals surface area contributed by atoms with Crippen molar-refractivity contribution in [2.24, 2.45) is 0 Å². The van der Waals surface area contributed by atoms with E-state index in [2.05, 4.69) is 0 Å². The summed E-state index contributed by atoms with van der Waals surface area (Å²) in [6.07, 6.45) is 5.69. The zero-order valence-corrected chi connectivity index (χ0v) is 10.7. The highest BCUT2D eigenvalue weighted by Gasteiger charge is 2.35. The van der Waals surface area contributed by atoms with Gasteiger partial charge >= 0.3 is 0 Å². The molecular formula is C15H20O3. The predicted molar refractivity (Wildman–Crippen MR) is 67.8 cm³/mol. The summed E-state index contributed by atoms with van der Waals surface area (Å²) in [7, 11) is 0. The van der Waals surface area contributed by atoms with Crippen molar-refractivity contribution in [3.8, 4) is 0 Å². The van der Waals surface area contributed by atoms with Crippen molar-refractivity contribution < 1.29 is 14.6 Å². The number of fused-ring (bicyclic) bond motifs is 1. The lowest BCUT2D eigenvalue weighted by Gasteiger charge is -2.35. The fourth-order valence-corrected chi connectivity index (χ4v) is 2.89. The molecule has 0 amide bonds. The number of hydrogen-bond acceptors (Lipinski definition) is 3. The normalized spacial score (nSPS) is 22.5. The average Bonchev–Trinajstić information content (AvgIpc) is 2.60. The van der Waals surface area contributed by atoms with Crippen molar-refractivity contribution in [2.75, 3.05) is 0 Å². The fourth-order valence-electron chi connectivity index (χ4n) is 2.89. The van der Waals surface area contributed by atoms with Crippen LogP contribution in [0.5, 0.6) is 0 Å². The Kier molecular flexibility index (Phi) is 3.37. The first-order valence-corrected chi connectivity index (χ1v) is 6.81. The minimum absolute atomic E-state index is 0.0826. The first kappa shape index (κ1) is 12.2. The van der Waals surface area contributed by atoms with Gasteiger partial charge in [-0.15, -0.1) is 0 Å². The van der Waals surface area contributed by atoms with Crippen LogP contribution in [0.1, 0.15) is 48.8 Å². The molecule has 0 unspecified atom stereocenters. The maximum atomic E-state index is 9.18. The fraction of sp³-hybridized carbons (Fsp3) is 0.600. The van der Waals surface area contributed by atoms with Crippen LogP contribution in [-0.2, 0) is 29.3 Å². The molecule has 98 valence electrons. The lowest BCUT2D eigenvalue weighted by Crippen LogP contribution is -2.36. The molecule has 0 bridgehead atoms. The lowest BCUT2D eigenvalue weighted by atomic mass is 9.94. The first-order valence-electron chi connectivity index (χ1n) is 6.81. The van der Waals surface area contributed by atoms with Gasteiger partial charge in [-0.2, -0.15) is 0 Å². The predicted octanol–water partition coefficient (Wildman–Crippen LogP) is 2.89. The molecule has 1 aromatic carbocycles. The molecule has 1 fully saturated rings. The van der Waals surface area contributed by atoms with E-state index < -0.39 is 0 Å². The van der Waals surface area contributed by atoms with Gasteiger partial charge in [0, 0.05) is 12.8 Å². The summed E-state index contributed by atoms with van der Waals surface area (Å²) in [6, 6.07) is 6.04. The molecule has 18 heavy (non-hydrogen) atoms. The zero-order chi connectivity index (χ0) is 12.4. The van der Waals surface area contributed by atoms with Crippen LogP contribution >= 0.6 is 0 Å². The Balaban J connectivity index is 1.81. The van der Waals surface area contributed by atoms with Crippen molar-refractivity contribution in [2.45, 2.75) is 57.7 Å². The van der Waals surface area contributed by atoms with Gasteiger partial charge in [0.05, 0.1) is 19.8 Å². The van der Waals surface area contributed by atoms with Crippen LogP contribution in [0.3, 0.4) is 0 Å². The number of rotatable bonds is 1. The van der Waals surface area contributed by atoms with Crippen molar-refractivity contribution >= 4 is 0 Å². The molecule has 0 saturated heterocycles. The third-order valence-electron chi connectivity index (χ3n) is 4.05. The number of aliphatic hydroxyl groups excluding tert-OH is 1. The second kappa shape index (κ2) is 5.00. The number of aliphatic hydroxyl groups is 1. The molecule has 1 saturated carbocycles. The molecule has 0 aromatic heterocycles. The summed E-state index contributed by atoms with van der Waals surface area (Å²) in [6.45, 7) is 1.31. The van der Waals surface area contributed by atoms with E-state index in [1.807, 2.05) is 18.2 Å². The van der Waals surface area contributed by atoms with Crippen molar-refractivity contribution in [3.05, 3.63) is 34.9 Å². The minimum atomic E-state index is -0.351. The topological polar surface area (TPSA) is 38.7 Å². The standard InChI is InChI=1S/C15H20O3/c16-9-12-4-5-13-10-17-15(6-2-1-3-7-15)18-11-14(13)8-12/h4-5,8,16H,1-3,6-7,9-11H2. The van der Waals surface area contributed by atoms with Crippen LogP contribution < -0.4 is 0 Å². The number of ether oxygens (including phenoxy) is 2. The van der Waals surface area contributed by atoms with Crippen LogP contribution in [0, 0.1) is 0 Å². The van der Waals surface area contributed by atoms with Crippen LogP contribution in [-0.4, -0.2) is 10.9 Å². The first-order chi connectivity index (χ1) is 8.81. The van der Waals surface area contributed by atoms with Gasteiger partial charge in [0.25, 0.3) is 0 Å². The van der Waals surface area contributed by atoms with Crippen molar-refractivity contribution in [1.29, 1.82) is 0 Å². The van der Waals surface area contributed by atoms with Crippen LogP contribution in [0.2, 0.25) is 0 Å². The Bertz CT molecular complexity index is 422. The van der Waals surface area contributed by atoms with Gasteiger partial charge in [0.15, 0.2) is 5.79 Å². The van der Waals surface area contributed by atoms with Crippen LogP contribution in [0.15, 0.2) is 18.2 Å². The molecule has 1 aliphatic carbocycles. The monoisotopic (exact) mass is 248 g/mol. The smallest absolute Gasteiger partial charge is 0.169 e. The highest BCUT2D eigenvalue weighted by atomic mass is 16.7. The second-order valence-corrected chi connectivity index (χ2v) is 5.31. The quantitative estimate of drug-likeness (QED) is 0.830. The van der Waals surface area contributed by atoms with Crippen molar-refractivity contribution in [3.63, 3.8) is 0 Å². The van der Waals surface area contributed by atoms with Gasteiger partial charge < -0.3 is 14.6 Å². The Labute approximate surface area is 108 Å². The molecule has 0 radical (unpaired) electrons. The van der Waals surface area contributed by atoms with E-state index in [0.29, 0.717) is 13.2 Å². The summed E-state index contributed by atoms with van der Waals surface area (Å²) in [4.78, 5) is 0. The molecule has 1 spiro atoms. The molecule has 1 aromatic rings. The van der Waals surface area contributed by atoms with Crippen LogP contribution in [0.4, 0.5) is 0 Å². The maximum absolute atomic E-state index is 9.18. The number of hydrogen-bond donors (Lipinski definition) is 1. The molecule has 3 rings (SSSR count). The van der Waals surface area contributed by atoms with Gasteiger partial charge in [-0.1, -0.05) is 24.6 Å². The van der Waals surface area contributed by atoms with E-state index in [-0.39, 0.29) is 12.4 Å². The molecule has 1 N–H and O–H groups in total. The maximum Gasteiger partial charge on any atom is 0.169 e. The van der Waals surface area contributed by atoms with Crippen molar-refractivity contribution in [1.82, 2.24) is 0 Å². The Morgan fingerprint density at radius 1 is 1.00 bits per heavy atom. The van der Waals surface area contributed by atoms with E-state index >= 15 is 0 Å². The average molecular weight is 248 g/mol. The molecule has 3 heteroatoms. The molecular weight excluding hydrogens is 228 g/mol. The summed E-state index contributed by atoms with van der Waals surface area (Å²) in [5.41, 5.74) is 3.29. The molecule has 1 heterocycles. The largest absolute Gasteiger partial charge is 0.392 e. The highest BCUT2D eigenvalue weighted by Crippen LogP contribution is 2.36. The Hall–Kier alpha value is -0.900. The number of benzene rings is 1. The molecule has 2 aliphatic rings. The molecule has 0 atom stereocenters. The third kappa shape index (κ3) is 2.30. The highest BCUT2D eigenvalue weighted by molar-refractivity contribution is 5.31. The van der Waals surface area contributed by atoms with Gasteiger partial charge in [-0.05, 0) is 29.5 Å². The lowest BCUT2D eigenvalue weighted by molar-refractivity contribution is -0.258. The molecule has 1 aliphatic heterocycles. The van der Waals surface area contributed by atoms with Gasteiger partial charge in [-0.25, -0.2) is 0 Å². The summed E-state index contributed by atoms with van der Waals surface area (Å²) in [5, 5.41) is 9.18. The van der Waals surface area contributed by atoms with E-state index in [4.69, 9.17) is 9.47 Å². The van der Waals surface area contributed by atoms with Gasteiger partial charge in [0.1, 0.15) is 0 Å². The van der Waals surface area contributed by atoms with E-state index in [9.17, 15) is 5.11 Å². The SMILES string of the molecule is OCc1ccc2c(c1)COC1(CCCCC1)OC2. The summed E-state index contributed by atoms with van der Waals surface area (Å²) >= 11 is 0. The molecule has 3 nitrogen and oxygen atoms in total. The van der Waals surface area contributed by atoms with Crippen LogP contribution in [0.25, 0.3) is 0 Å². The van der Waals surface area contributed by atoms with Gasteiger partial charge in [-0.3, -0.25) is 0 Å². The Morgan fingerprint density at radius 3 is 2.44 bits per heavy atom. The minimum Gasteiger partial charge on any atom is -0.392 e.